The zero-order chi connectivity index (χ0) is 18.7. The summed E-state index contributed by atoms with van der Waals surface area (Å²) in [7, 11) is 3.27. The predicted octanol–water partition coefficient (Wildman–Crippen LogP) is 2.24. The molecule has 0 atom stereocenters. The second kappa shape index (κ2) is 8.13. The smallest absolute Gasteiger partial charge is 0.233 e. The molecule has 9 heteroatoms. The van der Waals surface area contributed by atoms with Crippen LogP contribution in [0.2, 0.25) is 0 Å². The number of hydrogen-bond acceptors (Lipinski definition) is 8. The summed E-state index contributed by atoms with van der Waals surface area (Å²) in [5.74, 6) is 1.72. The van der Waals surface area contributed by atoms with Crippen molar-refractivity contribution in [3.8, 4) is 11.5 Å². The molecule has 0 radical (unpaired) electrons. The van der Waals surface area contributed by atoms with E-state index in [1.165, 1.54) is 6.92 Å². The van der Waals surface area contributed by atoms with Crippen LogP contribution in [0.1, 0.15) is 6.92 Å². The van der Waals surface area contributed by atoms with Crippen molar-refractivity contribution >= 4 is 49.5 Å². The minimum atomic E-state index is -0.0330. The van der Waals surface area contributed by atoms with Crippen LogP contribution >= 0.6 is 23.1 Å². The summed E-state index contributed by atoms with van der Waals surface area (Å²) < 4.78 is 11.8. The summed E-state index contributed by atoms with van der Waals surface area (Å²) in [6.45, 7) is 4.15. The Balaban J connectivity index is 1.71. The number of anilines is 1. The Kier molecular flexibility index (Phi) is 5.87. The highest BCUT2D eigenvalue weighted by Gasteiger charge is 2.24. The van der Waals surface area contributed by atoms with Gasteiger partial charge in [0.1, 0.15) is 21.7 Å². The molecule has 26 heavy (non-hydrogen) atoms. The van der Waals surface area contributed by atoms with E-state index in [0.29, 0.717) is 26.2 Å². The van der Waals surface area contributed by atoms with E-state index in [4.69, 9.17) is 14.5 Å². The van der Waals surface area contributed by atoms with Crippen molar-refractivity contribution < 1.29 is 19.1 Å². The van der Waals surface area contributed by atoms with Crippen molar-refractivity contribution in [1.82, 2.24) is 9.88 Å². The molecule has 1 saturated heterocycles. The largest absolute Gasteiger partial charge is 0.495 e. The third-order valence-electron chi connectivity index (χ3n) is 4.20. The molecule has 1 amide bonds. The Morgan fingerprint density at radius 2 is 1.81 bits per heavy atom. The van der Waals surface area contributed by atoms with Crippen LogP contribution in [0.3, 0.4) is 0 Å². The van der Waals surface area contributed by atoms with Gasteiger partial charge in [-0.2, -0.15) is 0 Å². The molecule has 1 aliphatic rings. The zero-order valence-electron chi connectivity index (χ0n) is 15.0. The number of nitrogens with zero attached hydrogens (tertiary/aromatic N) is 3. The van der Waals surface area contributed by atoms with Gasteiger partial charge in [-0.15, -0.1) is 0 Å². The third-order valence-corrected chi connectivity index (χ3v) is 6.13. The lowest BCUT2D eigenvalue weighted by atomic mass is 10.3. The van der Waals surface area contributed by atoms with Crippen molar-refractivity contribution in [3.05, 3.63) is 12.1 Å². The maximum atomic E-state index is 12.1. The summed E-state index contributed by atoms with van der Waals surface area (Å²) in [6, 6.07) is 3.74. The molecule has 1 fully saturated rings. The van der Waals surface area contributed by atoms with Crippen LogP contribution in [0.4, 0.5) is 5.13 Å². The number of thiazole rings is 1. The Morgan fingerprint density at radius 3 is 2.42 bits per heavy atom. The van der Waals surface area contributed by atoms with Crippen LogP contribution in [0.15, 0.2) is 12.1 Å². The molecule has 0 spiro atoms. The number of hydrogen-bond donors (Lipinski definition) is 0. The first-order valence-electron chi connectivity index (χ1n) is 8.21. The Hall–Kier alpha value is -2.00. The Bertz CT molecular complexity index is 775. The molecule has 0 N–H and O–H groups in total. The van der Waals surface area contributed by atoms with E-state index in [9.17, 15) is 9.59 Å². The van der Waals surface area contributed by atoms with Crippen LogP contribution in [0, 0.1) is 0 Å². The molecule has 1 aliphatic heterocycles. The number of aromatic nitrogens is 1. The molecule has 140 valence electrons. The highest BCUT2D eigenvalue weighted by atomic mass is 32.2. The number of carbonyl (C=O) groups is 2. The molecule has 1 aromatic heterocycles. The maximum Gasteiger partial charge on any atom is 0.233 e. The van der Waals surface area contributed by atoms with E-state index in [1.54, 1.807) is 30.5 Å². The monoisotopic (exact) mass is 395 g/mol. The number of carbonyl (C=O) groups excluding carboxylic acids is 2. The van der Waals surface area contributed by atoms with Crippen LogP contribution in [0.25, 0.3) is 10.2 Å². The van der Waals surface area contributed by atoms with Gasteiger partial charge in [0.2, 0.25) is 5.91 Å². The van der Waals surface area contributed by atoms with E-state index in [1.807, 2.05) is 12.1 Å². The van der Waals surface area contributed by atoms with E-state index >= 15 is 0 Å². The lowest BCUT2D eigenvalue weighted by Gasteiger charge is -2.34. The number of fused-ring (bicyclic) bond motifs is 1. The molecular formula is C17H21N3O4S2. The first-order chi connectivity index (χ1) is 12.5. The summed E-state index contributed by atoms with van der Waals surface area (Å²) >= 11 is 2.63. The molecule has 1 aromatic carbocycles. The SMILES string of the molecule is COc1ccc(OC)c2sc(N3CCN(C(=O)CSC(C)=O)CC3)nc12. The standard InChI is InChI=1S/C17H21N3O4S2/c1-11(21)25-10-14(22)19-6-8-20(9-7-19)17-18-15-12(23-2)4-5-13(24-3)16(15)26-17/h4-5H,6-10H2,1-3H3. The van der Waals surface area contributed by atoms with E-state index in [2.05, 4.69) is 4.90 Å². The van der Waals surface area contributed by atoms with Gasteiger partial charge in [-0.05, 0) is 12.1 Å². The fourth-order valence-corrected chi connectivity index (χ4v) is 4.45. The number of benzene rings is 1. The number of ether oxygens (including phenoxy) is 2. The number of thioether (sulfide) groups is 1. The van der Waals surface area contributed by atoms with Gasteiger partial charge in [0, 0.05) is 33.1 Å². The normalized spacial score (nSPS) is 14.6. The predicted molar refractivity (Wildman–Crippen MR) is 105 cm³/mol. The average molecular weight is 396 g/mol. The van der Waals surface area contributed by atoms with Gasteiger partial charge in [0.05, 0.1) is 20.0 Å². The molecule has 3 rings (SSSR count). The molecule has 0 bridgehead atoms. The lowest BCUT2D eigenvalue weighted by molar-refractivity contribution is -0.128. The van der Waals surface area contributed by atoms with Crippen LogP contribution < -0.4 is 14.4 Å². The molecule has 0 aliphatic carbocycles. The van der Waals surface area contributed by atoms with E-state index < -0.39 is 0 Å². The van der Waals surface area contributed by atoms with Gasteiger partial charge in [0.15, 0.2) is 10.2 Å². The lowest BCUT2D eigenvalue weighted by Crippen LogP contribution is -2.49. The number of amides is 1. The second-order valence-electron chi connectivity index (χ2n) is 5.79. The Morgan fingerprint density at radius 1 is 1.15 bits per heavy atom. The van der Waals surface area contributed by atoms with E-state index in [-0.39, 0.29) is 16.8 Å². The fourth-order valence-electron chi connectivity index (χ4n) is 2.81. The number of piperazine rings is 1. The van der Waals surface area contributed by atoms with Crippen molar-refractivity contribution in [2.45, 2.75) is 6.92 Å². The van der Waals surface area contributed by atoms with Crippen molar-refractivity contribution in [2.24, 2.45) is 0 Å². The first kappa shape index (κ1) is 18.8. The van der Waals surface area contributed by atoms with Gasteiger partial charge in [0.25, 0.3) is 0 Å². The van der Waals surface area contributed by atoms with Crippen LogP contribution in [-0.2, 0) is 9.59 Å². The van der Waals surface area contributed by atoms with Crippen LogP contribution in [-0.4, -0.2) is 67.1 Å². The fraction of sp³-hybridized carbons (Fsp3) is 0.471. The highest BCUT2D eigenvalue weighted by Crippen LogP contribution is 2.40. The van der Waals surface area contributed by atoms with Crippen molar-refractivity contribution in [3.63, 3.8) is 0 Å². The van der Waals surface area contributed by atoms with Gasteiger partial charge in [-0.3, -0.25) is 9.59 Å². The van der Waals surface area contributed by atoms with Gasteiger partial charge >= 0.3 is 0 Å². The molecule has 7 nitrogen and oxygen atoms in total. The van der Waals surface area contributed by atoms with Gasteiger partial charge < -0.3 is 19.3 Å². The highest BCUT2D eigenvalue weighted by molar-refractivity contribution is 8.14. The van der Waals surface area contributed by atoms with Gasteiger partial charge in [-0.1, -0.05) is 23.1 Å². The summed E-state index contributed by atoms with van der Waals surface area (Å²) in [4.78, 5) is 31.9. The second-order valence-corrected chi connectivity index (χ2v) is 7.92. The molecule has 0 unspecified atom stereocenters. The van der Waals surface area contributed by atoms with Crippen molar-refractivity contribution in [2.75, 3.05) is 51.1 Å². The summed E-state index contributed by atoms with van der Waals surface area (Å²) in [5.41, 5.74) is 0.795. The van der Waals surface area contributed by atoms with Gasteiger partial charge in [-0.25, -0.2) is 4.98 Å². The molecule has 2 aromatic rings. The summed E-state index contributed by atoms with van der Waals surface area (Å²) in [5, 5.41) is 0.863. The average Bonchev–Trinajstić information content (AvgIpc) is 3.10. The van der Waals surface area contributed by atoms with Crippen molar-refractivity contribution in [1.29, 1.82) is 0 Å². The minimum Gasteiger partial charge on any atom is -0.495 e. The topological polar surface area (TPSA) is 72.0 Å². The third kappa shape index (κ3) is 3.88. The number of methoxy groups -OCH3 is 2. The minimum absolute atomic E-state index is 0.0116. The Labute approximate surface area is 160 Å². The molecule has 0 saturated carbocycles. The molecular weight excluding hydrogens is 374 g/mol. The van der Waals surface area contributed by atoms with Crippen LogP contribution in [0.5, 0.6) is 11.5 Å². The molecule has 2 heterocycles. The quantitative estimate of drug-likeness (QED) is 0.769. The van der Waals surface area contributed by atoms with E-state index in [0.717, 1.165) is 38.6 Å². The zero-order valence-corrected chi connectivity index (χ0v) is 16.6. The summed E-state index contributed by atoms with van der Waals surface area (Å²) in [6.07, 6.45) is 0. The maximum absolute atomic E-state index is 12.1. The number of rotatable bonds is 5. The first-order valence-corrected chi connectivity index (χ1v) is 10.0.